The first-order valence-corrected chi connectivity index (χ1v) is 12.0. The number of likely N-dealkylation sites (tertiary alicyclic amines) is 1. The van der Waals surface area contributed by atoms with Gasteiger partial charge in [-0.2, -0.15) is 0 Å². The van der Waals surface area contributed by atoms with Crippen LogP contribution in [-0.2, 0) is 9.53 Å². The van der Waals surface area contributed by atoms with Crippen LogP contribution in [0.15, 0.2) is 29.3 Å². The molecule has 2 atom stereocenters. The molecule has 8 heteroatoms. The maximum Gasteiger partial charge on any atom is 0.224 e. The molecule has 2 unspecified atom stereocenters. The molecule has 178 valence electrons. The summed E-state index contributed by atoms with van der Waals surface area (Å²) in [6, 6.07) is 7.06. The highest BCUT2D eigenvalue weighted by Crippen LogP contribution is 2.23. The summed E-state index contributed by atoms with van der Waals surface area (Å²) in [5.74, 6) is 0.672. The van der Waals surface area contributed by atoms with Crippen molar-refractivity contribution in [3.8, 4) is 0 Å². The summed E-state index contributed by atoms with van der Waals surface area (Å²) >= 11 is 0. The van der Waals surface area contributed by atoms with Crippen molar-refractivity contribution >= 4 is 11.9 Å². The van der Waals surface area contributed by atoms with Gasteiger partial charge in [0.1, 0.15) is 5.82 Å². The summed E-state index contributed by atoms with van der Waals surface area (Å²) in [5.41, 5.74) is 1.04. The van der Waals surface area contributed by atoms with Gasteiger partial charge in [0.15, 0.2) is 5.96 Å². The van der Waals surface area contributed by atoms with Gasteiger partial charge in [0, 0.05) is 45.2 Å². The Morgan fingerprint density at radius 3 is 2.62 bits per heavy atom. The average Bonchev–Trinajstić information content (AvgIpc) is 2.81. The first-order valence-electron chi connectivity index (χ1n) is 12.0. The van der Waals surface area contributed by atoms with Crippen LogP contribution in [0.5, 0.6) is 0 Å². The molecule has 1 amide bonds. The largest absolute Gasteiger partial charge is 0.379 e. The van der Waals surface area contributed by atoms with E-state index in [-0.39, 0.29) is 17.8 Å². The standard InChI is InChI=1S/C24H38FN5O2/c1-3-26-24(27-12-11-23(31)30-13-5-4-6-19(30)2)28-18-22(29-14-16-32-17-15-29)20-7-9-21(25)10-8-20/h7-10,19,22H,3-6,11-18H2,1-2H3,(H2,26,27,28). The smallest absolute Gasteiger partial charge is 0.224 e. The van der Waals surface area contributed by atoms with Gasteiger partial charge >= 0.3 is 0 Å². The van der Waals surface area contributed by atoms with Crippen LogP contribution in [0.1, 0.15) is 51.1 Å². The van der Waals surface area contributed by atoms with Crippen LogP contribution in [0.3, 0.4) is 0 Å². The van der Waals surface area contributed by atoms with Crippen molar-refractivity contribution in [1.82, 2.24) is 20.4 Å². The molecule has 3 rings (SSSR count). The maximum atomic E-state index is 13.5. The normalized spacial score (nSPS) is 21.3. The zero-order chi connectivity index (χ0) is 22.8. The van der Waals surface area contributed by atoms with E-state index >= 15 is 0 Å². The van der Waals surface area contributed by atoms with E-state index in [0.29, 0.717) is 44.7 Å². The summed E-state index contributed by atoms with van der Waals surface area (Å²) in [5, 5.41) is 6.59. The van der Waals surface area contributed by atoms with E-state index in [1.165, 1.54) is 18.6 Å². The second-order valence-electron chi connectivity index (χ2n) is 8.54. The van der Waals surface area contributed by atoms with Crippen molar-refractivity contribution < 1.29 is 13.9 Å². The first kappa shape index (κ1) is 24.5. The fourth-order valence-electron chi connectivity index (χ4n) is 4.43. The molecule has 2 aliphatic rings. The fourth-order valence-corrected chi connectivity index (χ4v) is 4.43. The number of hydrogen-bond donors (Lipinski definition) is 2. The lowest BCUT2D eigenvalue weighted by Crippen LogP contribution is -2.44. The SMILES string of the molecule is CCNC(=NCC(c1ccc(F)cc1)N1CCOCC1)NCCC(=O)N1CCCCC1C. The van der Waals surface area contributed by atoms with E-state index in [9.17, 15) is 9.18 Å². The number of ether oxygens (including phenoxy) is 1. The zero-order valence-corrected chi connectivity index (χ0v) is 19.5. The number of rotatable bonds is 8. The topological polar surface area (TPSA) is 69.2 Å². The minimum atomic E-state index is -0.235. The number of aliphatic imine (C=N–C) groups is 1. The van der Waals surface area contributed by atoms with E-state index < -0.39 is 0 Å². The number of carbonyl (C=O) groups excluding carboxylic acids is 1. The summed E-state index contributed by atoms with van der Waals surface area (Å²) in [6.07, 6.45) is 3.86. The van der Waals surface area contributed by atoms with E-state index in [4.69, 9.17) is 9.73 Å². The second kappa shape index (κ2) is 12.7. The van der Waals surface area contributed by atoms with E-state index in [1.807, 2.05) is 24.0 Å². The lowest BCUT2D eigenvalue weighted by Gasteiger charge is -2.34. The van der Waals surface area contributed by atoms with E-state index in [1.54, 1.807) is 0 Å². The second-order valence-corrected chi connectivity index (χ2v) is 8.54. The number of morpholine rings is 1. The van der Waals surface area contributed by atoms with Crippen LogP contribution in [0, 0.1) is 5.82 Å². The number of guanidine groups is 1. The lowest BCUT2D eigenvalue weighted by atomic mass is 10.0. The molecular formula is C24H38FN5O2. The molecule has 2 fully saturated rings. The van der Waals surface area contributed by atoms with Gasteiger partial charge in [0.25, 0.3) is 0 Å². The molecule has 7 nitrogen and oxygen atoms in total. The summed E-state index contributed by atoms with van der Waals surface area (Å²) in [7, 11) is 0. The molecule has 1 aromatic rings. The highest BCUT2D eigenvalue weighted by Gasteiger charge is 2.24. The Morgan fingerprint density at radius 1 is 1.19 bits per heavy atom. The quantitative estimate of drug-likeness (QED) is 0.474. The minimum Gasteiger partial charge on any atom is -0.379 e. The Labute approximate surface area is 191 Å². The van der Waals surface area contributed by atoms with Crippen molar-refractivity contribution in [3.63, 3.8) is 0 Å². The van der Waals surface area contributed by atoms with Crippen LogP contribution >= 0.6 is 0 Å². The van der Waals surface area contributed by atoms with Crippen LogP contribution in [0.25, 0.3) is 0 Å². The molecule has 32 heavy (non-hydrogen) atoms. The highest BCUT2D eigenvalue weighted by atomic mass is 19.1. The molecule has 0 aromatic heterocycles. The predicted octanol–water partition coefficient (Wildman–Crippen LogP) is 2.55. The van der Waals surface area contributed by atoms with Crippen LogP contribution in [0.2, 0.25) is 0 Å². The number of amides is 1. The molecule has 2 saturated heterocycles. The minimum absolute atomic E-state index is 0.0470. The number of nitrogens with one attached hydrogen (secondary N) is 2. The highest BCUT2D eigenvalue weighted by molar-refractivity contribution is 5.81. The number of carbonyl (C=O) groups is 1. The van der Waals surface area contributed by atoms with Gasteiger partial charge in [-0.3, -0.25) is 14.7 Å². The molecular weight excluding hydrogens is 409 g/mol. The van der Waals surface area contributed by atoms with Crippen molar-refractivity contribution in [2.24, 2.45) is 4.99 Å². The third-order valence-electron chi connectivity index (χ3n) is 6.26. The molecule has 0 radical (unpaired) electrons. The molecule has 1 aromatic carbocycles. The molecule has 0 bridgehead atoms. The number of benzene rings is 1. The summed E-state index contributed by atoms with van der Waals surface area (Å²) < 4.78 is 19.0. The van der Waals surface area contributed by atoms with Crippen molar-refractivity contribution in [2.75, 3.05) is 52.5 Å². The Kier molecular flexibility index (Phi) is 9.74. The van der Waals surface area contributed by atoms with Crippen LogP contribution in [-0.4, -0.2) is 80.2 Å². The average molecular weight is 448 g/mol. The third kappa shape index (κ3) is 7.17. The summed E-state index contributed by atoms with van der Waals surface area (Å²) in [6.45, 7) is 9.88. The maximum absolute atomic E-state index is 13.5. The molecule has 0 saturated carbocycles. The summed E-state index contributed by atoms with van der Waals surface area (Å²) in [4.78, 5) is 21.8. The van der Waals surface area contributed by atoms with Crippen molar-refractivity contribution in [2.45, 2.75) is 51.6 Å². The van der Waals surface area contributed by atoms with Gasteiger partial charge < -0.3 is 20.3 Å². The van der Waals surface area contributed by atoms with Gasteiger partial charge in [0.05, 0.1) is 25.8 Å². The molecule has 2 N–H and O–H groups in total. The van der Waals surface area contributed by atoms with E-state index in [0.717, 1.165) is 44.6 Å². The molecule has 2 heterocycles. The Morgan fingerprint density at radius 2 is 1.94 bits per heavy atom. The molecule has 0 aliphatic carbocycles. The number of piperidine rings is 1. The Bertz CT molecular complexity index is 736. The van der Waals surface area contributed by atoms with Crippen molar-refractivity contribution in [1.29, 1.82) is 0 Å². The van der Waals surface area contributed by atoms with Gasteiger partial charge in [-0.05, 0) is 50.8 Å². The number of halogens is 1. The van der Waals surface area contributed by atoms with Gasteiger partial charge in [-0.25, -0.2) is 4.39 Å². The van der Waals surface area contributed by atoms with Crippen LogP contribution < -0.4 is 10.6 Å². The molecule has 0 spiro atoms. The fraction of sp³-hybridized carbons (Fsp3) is 0.667. The Balaban J connectivity index is 1.60. The first-order chi connectivity index (χ1) is 15.6. The molecule has 2 aliphatic heterocycles. The van der Waals surface area contributed by atoms with Gasteiger partial charge in [-0.1, -0.05) is 12.1 Å². The van der Waals surface area contributed by atoms with Gasteiger partial charge in [-0.15, -0.1) is 0 Å². The number of hydrogen-bond acceptors (Lipinski definition) is 4. The van der Waals surface area contributed by atoms with E-state index in [2.05, 4.69) is 22.5 Å². The lowest BCUT2D eigenvalue weighted by molar-refractivity contribution is -0.134. The van der Waals surface area contributed by atoms with Crippen LogP contribution in [0.4, 0.5) is 4.39 Å². The third-order valence-corrected chi connectivity index (χ3v) is 6.26. The number of nitrogens with zero attached hydrogens (tertiary/aromatic N) is 3. The zero-order valence-electron chi connectivity index (χ0n) is 19.5. The monoisotopic (exact) mass is 447 g/mol. The predicted molar refractivity (Wildman–Crippen MR) is 125 cm³/mol. The van der Waals surface area contributed by atoms with Crippen molar-refractivity contribution in [3.05, 3.63) is 35.6 Å². The van der Waals surface area contributed by atoms with Gasteiger partial charge in [0.2, 0.25) is 5.91 Å². The Hall–Kier alpha value is -2.19.